The number of amides is 4. The normalized spacial score (nSPS) is 16.1. The summed E-state index contributed by atoms with van der Waals surface area (Å²) in [6, 6.07) is 12.8. The molecule has 174 valence electrons. The van der Waals surface area contributed by atoms with Gasteiger partial charge < -0.3 is 25.6 Å². The van der Waals surface area contributed by atoms with Gasteiger partial charge in [0, 0.05) is 30.2 Å². The Hall–Kier alpha value is -3.55. The minimum Gasteiger partial charge on any atom is -0.444 e. The molecule has 2 aliphatic rings. The van der Waals surface area contributed by atoms with Crippen molar-refractivity contribution in [3.8, 4) is 0 Å². The highest BCUT2D eigenvalue weighted by molar-refractivity contribution is 6.02. The highest BCUT2D eigenvalue weighted by Gasteiger charge is 2.27. The average Bonchev–Trinajstić information content (AvgIpc) is 3.12. The molecule has 3 N–H and O–H groups in total. The topological polar surface area (TPSA) is 99.8 Å². The van der Waals surface area contributed by atoms with E-state index in [-0.39, 0.29) is 18.0 Å². The lowest BCUT2D eigenvalue weighted by Crippen LogP contribution is -2.41. The van der Waals surface area contributed by atoms with Gasteiger partial charge in [0.1, 0.15) is 5.60 Å². The number of likely N-dealkylation sites (tertiary alicyclic amines) is 1. The highest BCUT2D eigenvalue weighted by atomic mass is 16.6. The summed E-state index contributed by atoms with van der Waals surface area (Å²) < 4.78 is 5.46. The molecule has 4 rings (SSSR count). The van der Waals surface area contributed by atoms with Crippen LogP contribution < -0.4 is 16.0 Å². The molecule has 2 aliphatic heterocycles. The third-order valence-corrected chi connectivity index (χ3v) is 5.78. The quantitative estimate of drug-likeness (QED) is 0.617. The Morgan fingerprint density at radius 3 is 2.30 bits per heavy atom. The number of anilines is 3. The predicted octanol–water partition coefficient (Wildman–Crippen LogP) is 4.94. The van der Waals surface area contributed by atoms with Crippen LogP contribution in [0.3, 0.4) is 0 Å². The van der Waals surface area contributed by atoms with Gasteiger partial charge in [-0.05, 0) is 74.9 Å². The Morgan fingerprint density at radius 1 is 1.00 bits per heavy atom. The Balaban J connectivity index is 1.27. The summed E-state index contributed by atoms with van der Waals surface area (Å²) in [5, 5.41) is 8.41. The summed E-state index contributed by atoms with van der Waals surface area (Å²) in [6.45, 7) is 6.96. The number of hydrogen-bond acceptors (Lipinski definition) is 4. The van der Waals surface area contributed by atoms with Gasteiger partial charge in [-0.2, -0.15) is 0 Å². The van der Waals surface area contributed by atoms with Gasteiger partial charge in [0.2, 0.25) is 5.91 Å². The Bertz CT molecular complexity index is 1050. The molecule has 1 fully saturated rings. The molecule has 0 aliphatic carbocycles. The molecule has 0 saturated carbocycles. The third kappa shape index (κ3) is 5.83. The zero-order chi connectivity index (χ0) is 23.6. The van der Waals surface area contributed by atoms with Crippen LogP contribution in [0.4, 0.5) is 26.7 Å². The molecule has 2 aromatic carbocycles. The van der Waals surface area contributed by atoms with Crippen LogP contribution >= 0.6 is 0 Å². The largest absolute Gasteiger partial charge is 0.444 e. The number of carbonyl (C=O) groups excluding carboxylic acids is 3. The molecule has 33 heavy (non-hydrogen) atoms. The molecule has 8 nitrogen and oxygen atoms in total. The van der Waals surface area contributed by atoms with E-state index < -0.39 is 5.60 Å². The lowest BCUT2D eigenvalue weighted by Gasteiger charge is -2.33. The van der Waals surface area contributed by atoms with E-state index in [4.69, 9.17) is 4.74 Å². The van der Waals surface area contributed by atoms with Gasteiger partial charge in [0.15, 0.2) is 0 Å². The first kappa shape index (κ1) is 22.6. The number of nitrogens with one attached hydrogen (secondary N) is 3. The van der Waals surface area contributed by atoms with Crippen molar-refractivity contribution < 1.29 is 19.1 Å². The van der Waals surface area contributed by atoms with Crippen LogP contribution in [0.2, 0.25) is 0 Å². The molecule has 0 spiro atoms. The monoisotopic (exact) mass is 450 g/mol. The van der Waals surface area contributed by atoms with E-state index in [0.717, 1.165) is 24.1 Å². The number of rotatable bonds is 3. The van der Waals surface area contributed by atoms with Crippen LogP contribution in [0.1, 0.15) is 50.7 Å². The summed E-state index contributed by atoms with van der Waals surface area (Å²) in [7, 11) is 0. The maximum Gasteiger partial charge on any atom is 0.410 e. The molecule has 2 aromatic rings. The number of fused-ring (bicyclic) bond motifs is 1. The number of carbonyl (C=O) groups is 3. The highest BCUT2D eigenvalue weighted by Crippen LogP contribution is 2.30. The van der Waals surface area contributed by atoms with Gasteiger partial charge in [-0.1, -0.05) is 18.2 Å². The standard InChI is InChI=1S/C25H30N4O4/c1-25(2,3)33-24(32)29-12-10-17(11-13-29)16-4-7-19(8-5-16)26-23(31)27-20-9-6-18-14-22(30)28-21(18)15-20/h4-9,15,17H,10-14H2,1-3H3,(H,28,30)(H2,26,27,31). The van der Waals surface area contributed by atoms with Crippen LogP contribution in [0.25, 0.3) is 0 Å². The molecule has 4 amide bonds. The summed E-state index contributed by atoms with van der Waals surface area (Å²) >= 11 is 0. The molecular weight excluding hydrogens is 420 g/mol. The van der Waals surface area contributed by atoms with Crippen LogP contribution in [-0.2, 0) is 16.0 Å². The fourth-order valence-electron chi connectivity index (χ4n) is 4.15. The van der Waals surface area contributed by atoms with Crippen molar-refractivity contribution in [1.82, 2.24) is 4.90 Å². The number of urea groups is 1. The van der Waals surface area contributed by atoms with Gasteiger partial charge in [0.25, 0.3) is 0 Å². The van der Waals surface area contributed by atoms with Crippen LogP contribution in [-0.4, -0.2) is 41.6 Å². The third-order valence-electron chi connectivity index (χ3n) is 5.78. The second-order valence-electron chi connectivity index (χ2n) is 9.54. The number of benzene rings is 2. The van der Waals surface area contributed by atoms with E-state index in [2.05, 4.69) is 16.0 Å². The van der Waals surface area contributed by atoms with Crippen molar-refractivity contribution in [2.75, 3.05) is 29.0 Å². The summed E-state index contributed by atoms with van der Waals surface area (Å²) in [4.78, 5) is 37.9. The fraction of sp³-hybridized carbons (Fsp3) is 0.400. The zero-order valence-electron chi connectivity index (χ0n) is 19.2. The van der Waals surface area contributed by atoms with Crippen LogP contribution in [0.5, 0.6) is 0 Å². The molecular formula is C25H30N4O4. The molecule has 0 unspecified atom stereocenters. The summed E-state index contributed by atoms with van der Waals surface area (Å²) in [5.41, 5.74) is 3.68. The van der Waals surface area contributed by atoms with Gasteiger partial charge in [-0.15, -0.1) is 0 Å². The maximum atomic E-state index is 12.4. The maximum absolute atomic E-state index is 12.4. The van der Waals surface area contributed by atoms with Crippen molar-refractivity contribution in [1.29, 1.82) is 0 Å². The lowest BCUT2D eigenvalue weighted by molar-refractivity contribution is -0.115. The van der Waals surface area contributed by atoms with Gasteiger partial charge in [-0.25, -0.2) is 9.59 Å². The van der Waals surface area contributed by atoms with E-state index >= 15 is 0 Å². The van der Waals surface area contributed by atoms with Crippen molar-refractivity contribution >= 4 is 35.1 Å². The summed E-state index contributed by atoms with van der Waals surface area (Å²) in [6.07, 6.45) is 1.87. The molecule has 0 atom stereocenters. The number of hydrogen-bond donors (Lipinski definition) is 3. The van der Waals surface area contributed by atoms with Gasteiger partial charge in [0.05, 0.1) is 6.42 Å². The number of piperidine rings is 1. The lowest BCUT2D eigenvalue weighted by atomic mass is 9.89. The van der Waals surface area contributed by atoms with Crippen molar-refractivity contribution in [2.45, 2.75) is 51.6 Å². The Labute approximate surface area is 193 Å². The summed E-state index contributed by atoms with van der Waals surface area (Å²) in [5.74, 6) is 0.329. The van der Waals surface area contributed by atoms with E-state index in [0.29, 0.717) is 36.8 Å². The SMILES string of the molecule is CC(C)(C)OC(=O)N1CCC(c2ccc(NC(=O)Nc3ccc4c(c3)NC(=O)C4)cc2)CC1. The van der Waals surface area contributed by atoms with Gasteiger partial charge in [-0.3, -0.25) is 4.79 Å². The minimum atomic E-state index is -0.487. The van der Waals surface area contributed by atoms with E-state index in [1.54, 1.807) is 17.0 Å². The molecule has 0 bridgehead atoms. The second-order valence-corrected chi connectivity index (χ2v) is 9.54. The van der Waals surface area contributed by atoms with Gasteiger partial charge >= 0.3 is 12.1 Å². The van der Waals surface area contributed by atoms with Crippen LogP contribution in [0.15, 0.2) is 42.5 Å². The van der Waals surface area contributed by atoms with Crippen LogP contribution in [0, 0.1) is 0 Å². The first-order valence-corrected chi connectivity index (χ1v) is 11.2. The minimum absolute atomic E-state index is 0.0396. The Kier molecular flexibility index (Phi) is 6.26. The number of ether oxygens (including phenoxy) is 1. The molecule has 0 radical (unpaired) electrons. The number of nitrogens with zero attached hydrogens (tertiary/aromatic N) is 1. The first-order chi connectivity index (χ1) is 15.7. The fourth-order valence-corrected chi connectivity index (χ4v) is 4.15. The Morgan fingerprint density at radius 2 is 1.64 bits per heavy atom. The first-order valence-electron chi connectivity index (χ1n) is 11.2. The van der Waals surface area contributed by atoms with E-state index in [1.807, 2.05) is 51.1 Å². The van der Waals surface area contributed by atoms with E-state index in [1.165, 1.54) is 5.56 Å². The van der Waals surface area contributed by atoms with Crippen molar-refractivity contribution in [3.63, 3.8) is 0 Å². The second kappa shape index (κ2) is 9.13. The predicted molar refractivity (Wildman–Crippen MR) is 128 cm³/mol. The smallest absolute Gasteiger partial charge is 0.410 e. The molecule has 8 heteroatoms. The van der Waals surface area contributed by atoms with Crippen molar-refractivity contribution in [2.24, 2.45) is 0 Å². The molecule has 2 heterocycles. The zero-order valence-corrected chi connectivity index (χ0v) is 19.2. The van der Waals surface area contributed by atoms with Crippen molar-refractivity contribution in [3.05, 3.63) is 53.6 Å². The van der Waals surface area contributed by atoms with E-state index in [9.17, 15) is 14.4 Å². The molecule has 0 aromatic heterocycles. The average molecular weight is 451 g/mol. The molecule has 1 saturated heterocycles.